The largest absolute Gasteiger partial charge is 0.356 e. The van der Waals surface area contributed by atoms with E-state index < -0.39 is 0 Å². The lowest BCUT2D eigenvalue weighted by atomic mass is 9.89. The Morgan fingerprint density at radius 1 is 1.08 bits per heavy atom. The fourth-order valence-corrected chi connectivity index (χ4v) is 3.59. The highest BCUT2D eigenvalue weighted by Gasteiger charge is 2.32. The molecule has 1 aliphatic carbocycles. The molecule has 0 fully saturated rings. The number of nitrogens with zero attached hydrogens (tertiary/aromatic N) is 1. The lowest BCUT2D eigenvalue weighted by Gasteiger charge is -2.32. The molecule has 2 aromatic carbocycles. The molecule has 0 aliphatic heterocycles. The molecule has 4 nitrogen and oxygen atoms in total. The average Bonchev–Trinajstić information content (AvgIpc) is 2.94. The maximum atomic E-state index is 12.5. The minimum absolute atomic E-state index is 0.0203. The van der Waals surface area contributed by atoms with Gasteiger partial charge in [-0.05, 0) is 44.5 Å². The summed E-state index contributed by atoms with van der Waals surface area (Å²) < 4.78 is 0. The summed E-state index contributed by atoms with van der Waals surface area (Å²) in [5.74, 6) is 6.64. The highest BCUT2D eigenvalue weighted by atomic mass is 16.1. The van der Waals surface area contributed by atoms with Crippen LogP contribution in [0.3, 0.4) is 0 Å². The molecule has 1 atom stereocenters. The zero-order chi connectivity index (χ0) is 16.8. The van der Waals surface area contributed by atoms with E-state index in [-0.39, 0.29) is 11.8 Å². The molecule has 0 radical (unpaired) electrons. The van der Waals surface area contributed by atoms with Crippen molar-refractivity contribution in [2.45, 2.75) is 32.7 Å². The zero-order valence-electron chi connectivity index (χ0n) is 14.0. The fourth-order valence-electron chi connectivity index (χ4n) is 3.59. The first-order chi connectivity index (χ1) is 11.5. The zero-order valence-corrected chi connectivity index (χ0v) is 14.0. The van der Waals surface area contributed by atoms with Gasteiger partial charge in [0.15, 0.2) is 5.78 Å². The molecule has 0 saturated carbocycles. The summed E-state index contributed by atoms with van der Waals surface area (Å²) in [6.07, 6.45) is 1.25. The molecule has 1 aliphatic rings. The first-order valence-electron chi connectivity index (χ1n) is 8.30. The standard InChI is InChI=1S/C20H21N3O/c1-12-3-6-14(7-4-12)23(21)17-9-10-18(24)19-15-11-13(2)5-8-16(15)22-20(17)19/h3-8,11,17,22H,9-10,21H2,1-2H3. The summed E-state index contributed by atoms with van der Waals surface area (Å²) in [6.45, 7) is 4.10. The van der Waals surface area contributed by atoms with Gasteiger partial charge in [0.25, 0.3) is 0 Å². The van der Waals surface area contributed by atoms with Crippen LogP contribution >= 0.6 is 0 Å². The van der Waals surface area contributed by atoms with Crippen LogP contribution in [0.15, 0.2) is 42.5 Å². The van der Waals surface area contributed by atoms with Crippen molar-refractivity contribution in [3.63, 3.8) is 0 Å². The molecule has 0 spiro atoms. The number of nitrogens with two attached hydrogens (primary N) is 1. The number of benzene rings is 2. The maximum absolute atomic E-state index is 12.5. The van der Waals surface area contributed by atoms with Crippen LogP contribution in [0, 0.1) is 13.8 Å². The summed E-state index contributed by atoms with van der Waals surface area (Å²) in [5, 5.41) is 2.80. The Bertz CT molecular complexity index is 924. The number of rotatable bonds is 2. The molecule has 1 heterocycles. The molecular formula is C20H21N3O. The van der Waals surface area contributed by atoms with E-state index in [0.717, 1.165) is 39.8 Å². The molecule has 0 amide bonds. The monoisotopic (exact) mass is 319 g/mol. The second kappa shape index (κ2) is 5.49. The minimum Gasteiger partial charge on any atom is -0.356 e. The number of Topliss-reactive ketones (excluding diaryl/α,β-unsaturated/α-hetero) is 1. The predicted octanol–water partition coefficient (Wildman–Crippen LogP) is 4.18. The Morgan fingerprint density at radius 3 is 2.54 bits per heavy atom. The Hall–Kier alpha value is -2.59. The maximum Gasteiger partial charge on any atom is 0.165 e. The van der Waals surface area contributed by atoms with Crippen LogP contribution in [0.4, 0.5) is 5.69 Å². The number of hydrazine groups is 1. The number of aromatic nitrogens is 1. The molecule has 3 N–H and O–H groups in total. The van der Waals surface area contributed by atoms with Crippen LogP contribution < -0.4 is 10.9 Å². The van der Waals surface area contributed by atoms with Crippen molar-refractivity contribution >= 4 is 22.4 Å². The quantitative estimate of drug-likeness (QED) is 0.550. The molecule has 4 rings (SSSR count). The Balaban J connectivity index is 1.83. The normalized spacial score (nSPS) is 17.1. The third kappa shape index (κ3) is 2.31. The van der Waals surface area contributed by atoms with E-state index in [4.69, 9.17) is 5.84 Å². The van der Waals surface area contributed by atoms with Crippen molar-refractivity contribution in [3.05, 3.63) is 64.8 Å². The van der Waals surface area contributed by atoms with Gasteiger partial charge in [-0.3, -0.25) is 4.79 Å². The molecule has 4 heteroatoms. The number of hydrogen-bond donors (Lipinski definition) is 2. The molecule has 122 valence electrons. The SMILES string of the molecule is Cc1ccc(N(N)C2CCC(=O)c3c2[nH]c2ccc(C)cc32)cc1. The number of anilines is 1. The smallest absolute Gasteiger partial charge is 0.165 e. The van der Waals surface area contributed by atoms with E-state index in [0.29, 0.717) is 6.42 Å². The predicted molar refractivity (Wildman–Crippen MR) is 97.2 cm³/mol. The average molecular weight is 319 g/mol. The third-order valence-corrected chi connectivity index (χ3v) is 4.91. The van der Waals surface area contributed by atoms with E-state index in [1.54, 1.807) is 5.01 Å². The number of fused-ring (bicyclic) bond motifs is 3. The number of ketones is 1. The van der Waals surface area contributed by atoms with Gasteiger partial charge in [-0.2, -0.15) is 0 Å². The molecule has 1 aromatic heterocycles. The second-order valence-electron chi connectivity index (χ2n) is 6.68. The number of nitrogens with one attached hydrogen (secondary N) is 1. The Labute approximate surface area is 141 Å². The van der Waals surface area contributed by atoms with Gasteiger partial charge >= 0.3 is 0 Å². The first kappa shape index (κ1) is 15.0. The van der Waals surface area contributed by atoms with Crippen LogP contribution in [0.25, 0.3) is 10.9 Å². The number of hydrogen-bond acceptors (Lipinski definition) is 3. The highest BCUT2D eigenvalue weighted by molar-refractivity contribution is 6.10. The van der Waals surface area contributed by atoms with Crippen molar-refractivity contribution in [2.24, 2.45) is 5.84 Å². The fraction of sp³-hybridized carbons (Fsp3) is 0.250. The van der Waals surface area contributed by atoms with Gasteiger partial charge in [0.1, 0.15) is 0 Å². The van der Waals surface area contributed by atoms with Gasteiger partial charge < -0.3 is 9.99 Å². The molecule has 1 unspecified atom stereocenters. The van der Waals surface area contributed by atoms with E-state index in [2.05, 4.69) is 36.2 Å². The minimum atomic E-state index is -0.0203. The van der Waals surface area contributed by atoms with Crippen LogP contribution in [0.5, 0.6) is 0 Å². The van der Waals surface area contributed by atoms with Gasteiger partial charge in [-0.15, -0.1) is 0 Å². The van der Waals surface area contributed by atoms with Gasteiger partial charge in [-0.25, -0.2) is 5.84 Å². The summed E-state index contributed by atoms with van der Waals surface area (Å²) >= 11 is 0. The van der Waals surface area contributed by atoms with Crippen molar-refractivity contribution in [1.82, 2.24) is 4.98 Å². The Kier molecular flexibility index (Phi) is 3.43. The summed E-state index contributed by atoms with van der Waals surface area (Å²) in [7, 11) is 0. The summed E-state index contributed by atoms with van der Waals surface area (Å²) in [6, 6.07) is 14.3. The number of aryl methyl sites for hydroxylation is 2. The first-order valence-corrected chi connectivity index (χ1v) is 8.30. The van der Waals surface area contributed by atoms with Gasteiger partial charge in [0, 0.05) is 22.9 Å². The van der Waals surface area contributed by atoms with E-state index in [1.165, 1.54) is 5.56 Å². The van der Waals surface area contributed by atoms with Gasteiger partial charge in [-0.1, -0.05) is 29.3 Å². The van der Waals surface area contributed by atoms with Crippen molar-refractivity contribution in [1.29, 1.82) is 0 Å². The summed E-state index contributed by atoms with van der Waals surface area (Å²) in [5.41, 5.74) is 6.07. The van der Waals surface area contributed by atoms with Crippen LogP contribution in [-0.4, -0.2) is 10.8 Å². The van der Waals surface area contributed by atoms with Crippen molar-refractivity contribution in [3.8, 4) is 0 Å². The van der Waals surface area contributed by atoms with E-state index in [1.807, 2.05) is 25.1 Å². The second-order valence-corrected chi connectivity index (χ2v) is 6.68. The van der Waals surface area contributed by atoms with Gasteiger partial charge in [0.05, 0.1) is 17.4 Å². The van der Waals surface area contributed by atoms with Crippen LogP contribution in [-0.2, 0) is 0 Å². The van der Waals surface area contributed by atoms with Crippen LogP contribution in [0.1, 0.15) is 46.1 Å². The molecular weight excluding hydrogens is 298 g/mol. The topological polar surface area (TPSA) is 62.1 Å². The van der Waals surface area contributed by atoms with Crippen molar-refractivity contribution < 1.29 is 4.79 Å². The Morgan fingerprint density at radius 2 is 1.79 bits per heavy atom. The number of carbonyl (C=O) groups is 1. The lowest BCUT2D eigenvalue weighted by Crippen LogP contribution is -2.38. The number of carbonyl (C=O) groups excluding carboxylic acids is 1. The number of H-pyrrole nitrogens is 1. The summed E-state index contributed by atoms with van der Waals surface area (Å²) in [4.78, 5) is 16.0. The highest BCUT2D eigenvalue weighted by Crippen LogP contribution is 2.38. The molecule has 3 aromatic rings. The van der Waals surface area contributed by atoms with E-state index >= 15 is 0 Å². The van der Waals surface area contributed by atoms with Gasteiger partial charge in [0.2, 0.25) is 0 Å². The lowest BCUT2D eigenvalue weighted by molar-refractivity contribution is 0.0968. The molecule has 24 heavy (non-hydrogen) atoms. The number of aromatic amines is 1. The molecule has 0 saturated heterocycles. The van der Waals surface area contributed by atoms with Crippen LogP contribution in [0.2, 0.25) is 0 Å². The molecule has 0 bridgehead atoms. The van der Waals surface area contributed by atoms with Crippen molar-refractivity contribution in [2.75, 3.05) is 5.01 Å². The van der Waals surface area contributed by atoms with E-state index in [9.17, 15) is 4.79 Å². The third-order valence-electron chi connectivity index (χ3n) is 4.91.